The fourth-order valence-electron chi connectivity index (χ4n) is 5.40. The van der Waals surface area contributed by atoms with E-state index in [4.69, 9.17) is 0 Å². The summed E-state index contributed by atoms with van der Waals surface area (Å²) in [6.07, 6.45) is 3.84. The minimum absolute atomic E-state index is 0.106. The van der Waals surface area contributed by atoms with E-state index in [1.165, 1.54) is 0 Å². The van der Waals surface area contributed by atoms with Gasteiger partial charge in [-0.3, -0.25) is 9.59 Å². The van der Waals surface area contributed by atoms with Crippen LogP contribution in [-0.4, -0.2) is 53.8 Å². The molecule has 2 fully saturated rings. The van der Waals surface area contributed by atoms with Gasteiger partial charge in [-0.05, 0) is 67.2 Å². The molecule has 0 aliphatic carbocycles. The summed E-state index contributed by atoms with van der Waals surface area (Å²) >= 11 is 0. The van der Waals surface area contributed by atoms with Crippen LogP contribution in [0.2, 0.25) is 0 Å². The highest BCUT2D eigenvalue weighted by Crippen LogP contribution is 2.25. The highest BCUT2D eigenvalue weighted by Gasteiger charge is 2.31. The molecule has 0 radical (unpaired) electrons. The Morgan fingerprint density at radius 3 is 2.18 bits per heavy atom. The highest BCUT2D eigenvalue weighted by atomic mass is 16.2. The zero-order valence-electron chi connectivity index (χ0n) is 19.7. The number of nitrogens with zero attached hydrogens (tertiary/aromatic N) is 2. The topological polar surface area (TPSA) is 52.7 Å². The second kappa shape index (κ2) is 10.4. The molecule has 34 heavy (non-hydrogen) atoms. The molecule has 2 heterocycles. The second-order valence-corrected chi connectivity index (χ2v) is 9.60. The number of rotatable bonds is 5. The lowest BCUT2D eigenvalue weighted by Crippen LogP contribution is -2.50. The first-order valence-corrected chi connectivity index (χ1v) is 12.5. The normalized spacial score (nSPS) is 18.2. The molecule has 2 aliphatic rings. The quantitative estimate of drug-likeness (QED) is 0.618. The molecule has 0 saturated carbocycles. The molecular weight excluding hydrogens is 422 g/mol. The molecule has 3 aromatic rings. The molecule has 1 N–H and O–H groups in total. The van der Waals surface area contributed by atoms with Crippen molar-refractivity contribution < 1.29 is 9.59 Å². The minimum Gasteiger partial charge on any atom is -0.352 e. The summed E-state index contributed by atoms with van der Waals surface area (Å²) in [6.45, 7) is 4.13. The van der Waals surface area contributed by atoms with Crippen molar-refractivity contribution in [1.29, 1.82) is 0 Å². The average molecular weight is 456 g/mol. The van der Waals surface area contributed by atoms with E-state index in [9.17, 15) is 9.59 Å². The summed E-state index contributed by atoms with van der Waals surface area (Å²) in [5.74, 6) is 0.423. The zero-order valence-corrected chi connectivity index (χ0v) is 19.7. The van der Waals surface area contributed by atoms with Crippen molar-refractivity contribution in [1.82, 2.24) is 15.1 Å². The Balaban J connectivity index is 1.08. The Kier molecular flexibility index (Phi) is 6.91. The molecule has 5 rings (SSSR count). The molecule has 0 bridgehead atoms. The van der Waals surface area contributed by atoms with Crippen molar-refractivity contribution in [3.05, 3.63) is 83.9 Å². The van der Waals surface area contributed by atoms with Crippen molar-refractivity contribution in [2.24, 2.45) is 5.92 Å². The van der Waals surface area contributed by atoms with Gasteiger partial charge in [0.05, 0.1) is 0 Å². The van der Waals surface area contributed by atoms with Crippen LogP contribution in [0, 0.1) is 5.92 Å². The summed E-state index contributed by atoms with van der Waals surface area (Å²) in [5.41, 5.74) is 1.91. The summed E-state index contributed by atoms with van der Waals surface area (Å²) < 4.78 is 0. The molecular formula is C29H33N3O2. The van der Waals surface area contributed by atoms with Gasteiger partial charge in [0.2, 0.25) is 5.91 Å². The van der Waals surface area contributed by atoms with Crippen LogP contribution in [0.1, 0.15) is 41.6 Å². The summed E-state index contributed by atoms with van der Waals surface area (Å²) in [6, 6.07) is 24.7. The van der Waals surface area contributed by atoms with E-state index < -0.39 is 0 Å². The average Bonchev–Trinajstić information content (AvgIpc) is 2.92. The third kappa shape index (κ3) is 5.15. The molecule has 0 atom stereocenters. The number of hydrogen-bond donors (Lipinski definition) is 1. The van der Waals surface area contributed by atoms with Gasteiger partial charge in [0.15, 0.2) is 0 Å². The summed E-state index contributed by atoms with van der Waals surface area (Å²) in [7, 11) is 0. The standard InChI is InChI=1S/C29H33N3O2/c33-28(30-21-22-6-2-1-3-7-22)24-12-16-31(17-13-24)27-14-18-32(19-15-27)29(34)26-11-10-23-8-4-5-9-25(23)20-26/h1-11,20,24,27H,12-19,21H2,(H,30,33). The predicted molar refractivity (Wildman–Crippen MR) is 135 cm³/mol. The molecule has 3 aromatic carbocycles. The SMILES string of the molecule is O=C(NCc1ccccc1)C1CCN(C2CCN(C(=O)c3ccc4ccccc4c3)CC2)CC1. The third-order valence-corrected chi connectivity index (χ3v) is 7.47. The van der Waals surface area contributed by atoms with Crippen LogP contribution in [-0.2, 0) is 11.3 Å². The molecule has 2 saturated heterocycles. The maximum atomic E-state index is 13.1. The summed E-state index contributed by atoms with van der Waals surface area (Å²) in [4.78, 5) is 30.2. The molecule has 5 heteroatoms. The van der Waals surface area contributed by atoms with Gasteiger partial charge in [0, 0.05) is 37.2 Å². The van der Waals surface area contributed by atoms with Crippen LogP contribution in [0.25, 0.3) is 10.8 Å². The van der Waals surface area contributed by atoms with E-state index in [1.807, 2.05) is 65.6 Å². The van der Waals surface area contributed by atoms with Crippen molar-refractivity contribution >= 4 is 22.6 Å². The van der Waals surface area contributed by atoms with Gasteiger partial charge in [-0.2, -0.15) is 0 Å². The molecule has 176 valence electrons. The number of benzene rings is 3. The van der Waals surface area contributed by atoms with Crippen LogP contribution >= 0.6 is 0 Å². The fraction of sp³-hybridized carbons (Fsp3) is 0.379. The van der Waals surface area contributed by atoms with E-state index in [0.717, 1.165) is 73.8 Å². The first kappa shape index (κ1) is 22.6. The van der Waals surface area contributed by atoms with E-state index in [1.54, 1.807) is 0 Å². The highest BCUT2D eigenvalue weighted by molar-refractivity contribution is 5.98. The van der Waals surface area contributed by atoms with Crippen LogP contribution in [0.15, 0.2) is 72.8 Å². The Morgan fingerprint density at radius 2 is 1.44 bits per heavy atom. The number of nitrogens with one attached hydrogen (secondary N) is 1. The van der Waals surface area contributed by atoms with Crippen LogP contribution < -0.4 is 5.32 Å². The van der Waals surface area contributed by atoms with Crippen LogP contribution in [0.5, 0.6) is 0 Å². The van der Waals surface area contributed by atoms with Gasteiger partial charge in [-0.15, -0.1) is 0 Å². The van der Waals surface area contributed by atoms with E-state index in [0.29, 0.717) is 12.6 Å². The largest absolute Gasteiger partial charge is 0.352 e. The maximum absolute atomic E-state index is 13.1. The van der Waals surface area contributed by atoms with Crippen molar-refractivity contribution in [3.63, 3.8) is 0 Å². The predicted octanol–water partition coefficient (Wildman–Crippen LogP) is 4.47. The van der Waals surface area contributed by atoms with Crippen molar-refractivity contribution in [2.75, 3.05) is 26.2 Å². The monoisotopic (exact) mass is 455 g/mol. The maximum Gasteiger partial charge on any atom is 0.253 e. The lowest BCUT2D eigenvalue weighted by atomic mass is 9.92. The number of amides is 2. The number of likely N-dealkylation sites (tertiary alicyclic amines) is 2. The molecule has 5 nitrogen and oxygen atoms in total. The lowest BCUT2D eigenvalue weighted by Gasteiger charge is -2.41. The first-order valence-electron chi connectivity index (χ1n) is 12.5. The van der Waals surface area contributed by atoms with Crippen molar-refractivity contribution in [2.45, 2.75) is 38.3 Å². The number of hydrogen-bond acceptors (Lipinski definition) is 3. The van der Waals surface area contributed by atoms with Gasteiger partial charge in [0.1, 0.15) is 0 Å². The van der Waals surface area contributed by atoms with Crippen LogP contribution in [0.4, 0.5) is 0 Å². The van der Waals surface area contributed by atoms with E-state index >= 15 is 0 Å². The Morgan fingerprint density at radius 1 is 0.765 bits per heavy atom. The molecule has 2 amide bonds. The van der Waals surface area contributed by atoms with E-state index in [2.05, 4.69) is 22.3 Å². The van der Waals surface area contributed by atoms with Gasteiger partial charge >= 0.3 is 0 Å². The number of carbonyl (C=O) groups excluding carboxylic acids is 2. The van der Waals surface area contributed by atoms with Gasteiger partial charge < -0.3 is 15.1 Å². The van der Waals surface area contributed by atoms with Gasteiger partial charge in [-0.25, -0.2) is 0 Å². The molecule has 0 unspecified atom stereocenters. The first-order chi connectivity index (χ1) is 16.7. The Labute approximate surface area is 201 Å². The number of carbonyl (C=O) groups is 2. The van der Waals surface area contributed by atoms with Gasteiger partial charge in [0.25, 0.3) is 5.91 Å². The zero-order chi connectivity index (χ0) is 23.3. The number of fused-ring (bicyclic) bond motifs is 1. The van der Waals surface area contributed by atoms with E-state index in [-0.39, 0.29) is 17.7 Å². The fourth-order valence-corrected chi connectivity index (χ4v) is 5.40. The second-order valence-electron chi connectivity index (χ2n) is 9.60. The van der Waals surface area contributed by atoms with Gasteiger partial charge in [-0.1, -0.05) is 60.7 Å². The number of piperidine rings is 2. The van der Waals surface area contributed by atoms with Crippen molar-refractivity contribution in [3.8, 4) is 0 Å². The lowest BCUT2D eigenvalue weighted by molar-refractivity contribution is -0.126. The molecule has 0 aromatic heterocycles. The third-order valence-electron chi connectivity index (χ3n) is 7.47. The molecule has 2 aliphatic heterocycles. The van der Waals surface area contributed by atoms with Crippen LogP contribution in [0.3, 0.4) is 0 Å². The Bertz CT molecular complexity index is 1130. The summed E-state index contributed by atoms with van der Waals surface area (Å²) in [5, 5.41) is 5.38. The Hall–Kier alpha value is -3.18. The minimum atomic E-state index is 0.106. The molecule has 0 spiro atoms. The smallest absolute Gasteiger partial charge is 0.253 e.